The van der Waals surface area contributed by atoms with Crippen molar-refractivity contribution < 1.29 is 76.6 Å². The molecule has 0 aliphatic rings. The Kier molecular flexibility index (Phi) is 7.61. The van der Waals surface area contributed by atoms with E-state index in [-0.39, 0.29) is 79.3 Å². The van der Waals surface area contributed by atoms with Crippen LogP contribution in [0.1, 0.15) is 22.3 Å². The summed E-state index contributed by atoms with van der Waals surface area (Å²) < 4.78 is 73.7. The Morgan fingerprint density at radius 3 is 2.00 bits per heavy atom. The van der Waals surface area contributed by atoms with Crippen LogP contribution < -0.4 is 51.4 Å². The Morgan fingerprint density at radius 2 is 1.64 bits per heavy atom. The third kappa shape index (κ3) is 4.95. The standard InChI is InChI=1S/C10H11BF4N3O2S.K/c1-5-8(4-11(12,13)14)6(2)10(21(15,19)20)7(3)9(5)17-18-16;/h4H2,1-3H3;/q-1;+1. The fraction of sp³-hybridized carbons (Fsp3) is 0.400. The number of nitrogens with zero attached hydrogens (tertiary/aromatic N) is 3. The topological polar surface area (TPSA) is 82.9 Å². The van der Waals surface area contributed by atoms with Gasteiger partial charge in [0.2, 0.25) is 0 Å². The van der Waals surface area contributed by atoms with Crippen molar-refractivity contribution >= 4 is 22.9 Å². The van der Waals surface area contributed by atoms with Crippen molar-refractivity contribution in [3.63, 3.8) is 0 Å². The molecule has 0 saturated heterocycles. The number of halogens is 4. The molecule has 1 rings (SSSR count). The summed E-state index contributed by atoms with van der Waals surface area (Å²) in [7, 11) is -5.24. The van der Waals surface area contributed by atoms with Crippen LogP contribution in [0.25, 0.3) is 10.4 Å². The van der Waals surface area contributed by atoms with E-state index in [1.807, 2.05) is 0 Å². The SMILES string of the molecule is Cc1c(C[B-](F)(F)F)c(C)c(S(=O)(=O)F)c(C)c1N=[N+]=[N-].[K+]. The van der Waals surface area contributed by atoms with Gasteiger partial charge in [-0.15, -0.1) is 3.89 Å². The maximum atomic E-state index is 13.4. The van der Waals surface area contributed by atoms with E-state index in [0.29, 0.717) is 0 Å². The minimum Gasteiger partial charge on any atom is -0.449 e. The van der Waals surface area contributed by atoms with Crippen molar-refractivity contribution in [2.45, 2.75) is 32.0 Å². The molecule has 5 nitrogen and oxygen atoms in total. The summed E-state index contributed by atoms with van der Waals surface area (Å²) in [6.45, 7) is -1.71. The van der Waals surface area contributed by atoms with Crippen LogP contribution in [0.3, 0.4) is 0 Å². The molecule has 0 heterocycles. The Balaban J connectivity index is 0.00000441. The number of azide groups is 1. The zero-order chi connectivity index (χ0) is 16.6. The first-order valence-electron chi connectivity index (χ1n) is 5.73. The van der Waals surface area contributed by atoms with Gasteiger partial charge in [-0.1, -0.05) is 17.0 Å². The van der Waals surface area contributed by atoms with E-state index in [1.165, 1.54) is 13.8 Å². The molecule has 12 heteroatoms. The summed E-state index contributed by atoms with van der Waals surface area (Å²) in [5.74, 6) is 0. The summed E-state index contributed by atoms with van der Waals surface area (Å²) in [6.07, 6.45) is -1.38. The van der Waals surface area contributed by atoms with E-state index in [0.717, 1.165) is 6.92 Å². The van der Waals surface area contributed by atoms with Gasteiger partial charge in [0.15, 0.2) is 0 Å². The normalized spacial score (nSPS) is 11.6. The zero-order valence-electron chi connectivity index (χ0n) is 12.4. The van der Waals surface area contributed by atoms with Gasteiger partial charge >= 0.3 is 68.6 Å². The van der Waals surface area contributed by atoms with E-state index in [1.54, 1.807) is 0 Å². The Labute approximate surface area is 167 Å². The maximum absolute atomic E-state index is 13.4. The summed E-state index contributed by atoms with van der Waals surface area (Å²) in [5, 5.41) is 3.20. The number of benzene rings is 1. The molecule has 0 radical (unpaired) electrons. The third-order valence-corrected chi connectivity index (χ3v) is 4.22. The monoisotopic (exact) mass is 363 g/mol. The number of rotatable bonds is 4. The number of hydrogen-bond acceptors (Lipinski definition) is 3. The van der Waals surface area contributed by atoms with Crippen LogP contribution in [-0.2, 0) is 16.5 Å². The number of hydrogen-bond donors (Lipinski definition) is 0. The van der Waals surface area contributed by atoms with Crippen molar-refractivity contribution in [1.82, 2.24) is 0 Å². The Morgan fingerprint density at radius 1 is 1.14 bits per heavy atom. The molecule has 0 atom stereocenters. The molecule has 0 saturated carbocycles. The largest absolute Gasteiger partial charge is 1.00 e. The Hall–Kier alpha value is -0.0987. The van der Waals surface area contributed by atoms with Gasteiger partial charge in [-0.3, -0.25) is 0 Å². The molecule has 0 aliphatic heterocycles. The first-order valence-corrected chi connectivity index (χ1v) is 7.12. The van der Waals surface area contributed by atoms with Gasteiger partial charge in [-0.05, 0) is 43.0 Å². The van der Waals surface area contributed by atoms with Crippen LogP contribution in [0.15, 0.2) is 10.0 Å². The van der Waals surface area contributed by atoms with Gasteiger partial charge < -0.3 is 12.9 Å². The molecule has 0 unspecified atom stereocenters. The van der Waals surface area contributed by atoms with E-state index < -0.39 is 28.4 Å². The van der Waals surface area contributed by atoms with Crippen molar-refractivity contribution in [3.8, 4) is 0 Å². The molecular weight excluding hydrogens is 352 g/mol. The minimum absolute atomic E-state index is 0. The van der Waals surface area contributed by atoms with Crippen LogP contribution in [0.4, 0.5) is 22.5 Å². The molecule has 0 amide bonds. The van der Waals surface area contributed by atoms with Crippen LogP contribution in [0.5, 0.6) is 0 Å². The molecule has 0 spiro atoms. The van der Waals surface area contributed by atoms with Gasteiger partial charge in [-0.2, -0.15) is 8.42 Å². The fourth-order valence-electron chi connectivity index (χ4n) is 2.33. The predicted molar refractivity (Wildman–Crippen MR) is 70.5 cm³/mol. The molecule has 22 heavy (non-hydrogen) atoms. The molecule has 0 bridgehead atoms. The molecule has 1 aromatic rings. The first kappa shape index (κ1) is 21.9. The molecule has 116 valence electrons. The van der Waals surface area contributed by atoms with Crippen molar-refractivity contribution in [2.75, 3.05) is 0 Å². The van der Waals surface area contributed by atoms with Gasteiger partial charge in [-0.25, -0.2) is 0 Å². The summed E-state index contributed by atoms with van der Waals surface area (Å²) in [4.78, 5) is 1.58. The molecule has 0 N–H and O–H groups in total. The summed E-state index contributed by atoms with van der Waals surface area (Å²) in [6, 6.07) is 0. The van der Waals surface area contributed by atoms with Crippen LogP contribution >= 0.6 is 0 Å². The van der Waals surface area contributed by atoms with Gasteiger partial charge in [0, 0.05) is 10.6 Å². The smallest absolute Gasteiger partial charge is 0.449 e. The molecule has 0 aromatic heterocycles. The van der Waals surface area contributed by atoms with E-state index >= 15 is 0 Å². The average molecular weight is 363 g/mol. The minimum atomic E-state index is -5.26. The summed E-state index contributed by atoms with van der Waals surface area (Å²) in [5.41, 5.74) is 7.25. The second-order valence-corrected chi connectivity index (χ2v) is 5.86. The second-order valence-electron chi connectivity index (χ2n) is 4.57. The van der Waals surface area contributed by atoms with Crippen LogP contribution in [0, 0.1) is 20.8 Å². The molecular formula is C10H11BF4KN3O2S. The van der Waals surface area contributed by atoms with E-state index in [2.05, 4.69) is 10.0 Å². The second kappa shape index (κ2) is 7.65. The first-order chi connectivity index (χ1) is 9.40. The summed E-state index contributed by atoms with van der Waals surface area (Å²) >= 11 is 0. The molecule has 1 aromatic carbocycles. The van der Waals surface area contributed by atoms with Gasteiger partial charge in [0.05, 0.1) is 0 Å². The van der Waals surface area contributed by atoms with Gasteiger partial charge in [0.25, 0.3) is 0 Å². The van der Waals surface area contributed by atoms with Crippen LogP contribution in [-0.4, -0.2) is 15.4 Å². The van der Waals surface area contributed by atoms with Crippen molar-refractivity contribution in [2.24, 2.45) is 5.11 Å². The van der Waals surface area contributed by atoms with Crippen molar-refractivity contribution in [1.29, 1.82) is 0 Å². The fourth-order valence-corrected chi connectivity index (χ4v) is 3.28. The zero-order valence-corrected chi connectivity index (χ0v) is 16.3. The van der Waals surface area contributed by atoms with Crippen molar-refractivity contribution in [3.05, 3.63) is 32.7 Å². The maximum Gasteiger partial charge on any atom is 1.00 e. The molecule has 0 fully saturated rings. The quantitative estimate of drug-likeness (QED) is 0.201. The Bertz CT molecular complexity index is 746. The predicted octanol–water partition coefficient (Wildman–Crippen LogP) is 1.14. The third-order valence-electron chi connectivity index (χ3n) is 3.12. The van der Waals surface area contributed by atoms with Gasteiger partial charge in [0.1, 0.15) is 4.90 Å². The average Bonchev–Trinajstić information content (AvgIpc) is 2.27. The van der Waals surface area contributed by atoms with Crippen LogP contribution in [0.2, 0.25) is 0 Å². The van der Waals surface area contributed by atoms with E-state index in [9.17, 15) is 25.3 Å². The molecule has 0 aliphatic carbocycles. The van der Waals surface area contributed by atoms with E-state index in [4.69, 9.17) is 5.53 Å².